The number of hydrogen-bond donors (Lipinski definition) is 3. The molecule has 0 atom stereocenters. The number of carbonyl (C=O) groups is 1. The summed E-state index contributed by atoms with van der Waals surface area (Å²) in [5.41, 5.74) is 1.52. The van der Waals surface area contributed by atoms with Gasteiger partial charge in [0.1, 0.15) is 11.6 Å². The Morgan fingerprint density at radius 2 is 1.76 bits per heavy atom. The SMILES string of the molecule is C#C.CC1CCCCC1.CCNc1nc(NCC(=O)NCc2ccc(C#N)cc2)cc(-n2cccc2)n1. The van der Waals surface area contributed by atoms with Crippen molar-refractivity contribution in [3.8, 4) is 24.7 Å². The van der Waals surface area contributed by atoms with Crippen LogP contribution in [-0.2, 0) is 11.3 Å². The van der Waals surface area contributed by atoms with Crippen LogP contribution in [0.5, 0.6) is 0 Å². The minimum atomic E-state index is -0.157. The fourth-order valence-corrected chi connectivity index (χ4v) is 3.82. The Bertz CT molecular complexity index is 1130. The Labute approximate surface area is 220 Å². The lowest BCUT2D eigenvalue weighted by atomic mass is 9.91. The summed E-state index contributed by atoms with van der Waals surface area (Å²) >= 11 is 0. The van der Waals surface area contributed by atoms with E-state index < -0.39 is 0 Å². The van der Waals surface area contributed by atoms with E-state index in [1.54, 1.807) is 18.2 Å². The average Bonchev–Trinajstić information content (AvgIpc) is 3.48. The molecular weight excluding hydrogens is 462 g/mol. The first-order chi connectivity index (χ1) is 18.1. The van der Waals surface area contributed by atoms with Gasteiger partial charge in [-0.1, -0.05) is 51.2 Å². The second-order valence-corrected chi connectivity index (χ2v) is 8.74. The number of rotatable bonds is 8. The van der Waals surface area contributed by atoms with Crippen molar-refractivity contribution in [2.45, 2.75) is 52.5 Å². The fourth-order valence-electron chi connectivity index (χ4n) is 3.82. The van der Waals surface area contributed by atoms with Crippen LogP contribution in [0.4, 0.5) is 11.8 Å². The molecule has 1 aromatic carbocycles. The molecule has 194 valence electrons. The Morgan fingerprint density at radius 3 is 2.32 bits per heavy atom. The van der Waals surface area contributed by atoms with Crippen LogP contribution in [-0.4, -0.2) is 33.5 Å². The van der Waals surface area contributed by atoms with E-state index in [2.05, 4.69) is 51.8 Å². The van der Waals surface area contributed by atoms with Crippen molar-refractivity contribution in [2.75, 3.05) is 23.7 Å². The summed E-state index contributed by atoms with van der Waals surface area (Å²) in [5.74, 6) is 2.64. The lowest BCUT2D eigenvalue weighted by molar-refractivity contribution is -0.119. The molecule has 0 radical (unpaired) electrons. The number of terminal acetylenes is 1. The second-order valence-electron chi connectivity index (χ2n) is 8.74. The summed E-state index contributed by atoms with van der Waals surface area (Å²) < 4.78 is 1.87. The third-order valence-electron chi connectivity index (χ3n) is 5.81. The predicted molar refractivity (Wildman–Crippen MR) is 149 cm³/mol. The van der Waals surface area contributed by atoms with Gasteiger partial charge in [0.25, 0.3) is 0 Å². The Hall–Kier alpha value is -4.30. The molecule has 1 aliphatic carbocycles. The van der Waals surface area contributed by atoms with Crippen LogP contribution in [0.2, 0.25) is 0 Å². The van der Waals surface area contributed by atoms with Crippen LogP contribution in [0.3, 0.4) is 0 Å². The van der Waals surface area contributed by atoms with Crippen molar-refractivity contribution in [1.82, 2.24) is 19.9 Å². The minimum absolute atomic E-state index is 0.0873. The molecule has 2 heterocycles. The molecule has 0 unspecified atom stereocenters. The zero-order valence-electron chi connectivity index (χ0n) is 21.8. The molecule has 1 amide bonds. The highest BCUT2D eigenvalue weighted by atomic mass is 16.1. The molecule has 2 aromatic heterocycles. The van der Waals surface area contributed by atoms with E-state index >= 15 is 0 Å². The van der Waals surface area contributed by atoms with E-state index in [1.165, 1.54) is 32.1 Å². The summed E-state index contributed by atoms with van der Waals surface area (Å²) in [6.07, 6.45) is 19.2. The highest BCUT2D eigenvalue weighted by molar-refractivity contribution is 5.80. The molecule has 1 fully saturated rings. The van der Waals surface area contributed by atoms with Crippen LogP contribution in [0.25, 0.3) is 5.82 Å². The number of anilines is 2. The maximum Gasteiger partial charge on any atom is 0.239 e. The van der Waals surface area contributed by atoms with Crippen LogP contribution in [0.1, 0.15) is 57.1 Å². The van der Waals surface area contributed by atoms with Gasteiger partial charge in [-0.25, -0.2) is 0 Å². The molecule has 3 aromatic rings. The van der Waals surface area contributed by atoms with Gasteiger partial charge in [0.05, 0.1) is 18.2 Å². The number of benzene rings is 1. The molecule has 37 heavy (non-hydrogen) atoms. The zero-order valence-corrected chi connectivity index (χ0v) is 21.8. The lowest BCUT2D eigenvalue weighted by Gasteiger charge is -2.15. The number of nitrogens with one attached hydrogen (secondary N) is 3. The molecule has 0 aliphatic heterocycles. The molecule has 1 saturated carbocycles. The summed E-state index contributed by atoms with van der Waals surface area (Å²) in [4.78, 5) is 21.0. The van der Waals surface area contributed by atoms with E-state index in [-0.39, 0.29) is 12.5 Å². The first-order valence-electron chi connectivity index (χ1n) is 12.7. The van der Waals surface area contributed by atoms with E-state index in [1.807, 2.05) is 48.1 Å². The Kier molecular flexibility index (Phi) is 12.8. The number of hydrogen-bond acceptors (Lipinski definition) is 6. The number of aromatic nitrogens is 3. The maximum absolute atomic E-state index is 12.1. The van der Waals surface area contributed by atoms with E-state index in [0.29, 0.717) is 36.2 Å². The molecule has 4 rings (SSSR count). The highest BCUT2D eigenvalue weighted by Crippen LogP contribution is 2.22. The predicted octanol–water partition coefficient (Wildman–Crippen LogP) is 5.14. The summed E-state index contributed by atoms with van der Waals surface area (Å²) in [6.45, 7) is 5.51. The third kappa shape index (κ3) is 10.5. The molecular formula is C29H37N7O. The largest absolute Gasteiger partial charge is 0.361 e. The van der Waals surface area contributed by atoms with Gasteiger partial charge in [0.15, 0.2) is 0 Å². The number of nitrogens with zero attached hydrogens (tertiary/aromatic N) is 4. The topological polar surface area (TPSA) is 108 Å². The summed E-state index contributed by atoms with van der Waals surface area (Å²) in [6, 6.07) is 14.8. The van der Waals surface area contributed by atoms with Crippen molar-refractivity contribution in [3.05, 3.63) is 66.0 Å². The monoisotopic (exact) mass is 499 g/mol. The molecule has 8 nitrogen and oxygen atoms in total. The van der Waals surface area contributed by atoms with Crippen LogP contribution in [0.15, 0.2) is 54.9 Å². The Balaban J connectivity index is 0.000000455. The van der Waals surface area contributed by atoms with E-state index in [9.17, 15) is 4.79 Å². The smallest absolute Gasteiger partial charge is 0.239 e. The van der Waals surface area contributed by atoms with Crippen LogP contribution >= 0.6 is 0 Å². The summed E-state index contributed by atoms with van der Waals surface area (Å²) in [5, 5.41) is 17.8. The number of carbonyl (C=O) groups excluding carboxylic acids is 1. The van der Waals surface area contributed by atoms with Gasteiger partial charge >= 0.3 is 0 Å². The quantitative estimate of drug-likeness (QED) is 0.371. The van der Waals surface area contributed by atoms with Gasteiger partial charge in [0.2, 0.25) is 11.9 Å². The number of nitriles is 1. The van der Waals surface area contributed by atoms with Crippen molar-refractivity contribution in [3.63, 3.8) is 0 Å². The highest BCUT2D eigenvalue weighted by Gasteiger charge is 2.08. The molecule has 1 aliphatic rings. The first-order valence-corrected chi connectivity index (χ1v) is 12.7. The van der Waals surface area contributed by atoms with Crippen LogP contribution < -0.4 is 16.0 Å². The maximum atomic E-state index is 12.1. The molecule has 0 bridgehead atoms. The molecule has 8 heteroatoms. The zero-order chi connectivity index (χ0) is 26.9. The van der Waals surface area contributed by atoms with E-state index in [0.717, 1.165) is 11.5 Å². The van der Waals surface area contributed by atoms with Gasteiger partial charge in [-0.15, -0.1) is 12.8 Å². The molecule has 3 N–H and O–H groups in total. The van der Waals surface area contributed by atoms with Crippen molar-refractivity contribution in [2.24, 2.45) is 5.92 Å². The fraction of sp³-hybridized carbons (Fsp3) is 0.379. The van der Waals surface area contributed by atoms with Gasteiger partial charge in [-0.2, -0.15) is 15.2 Å². The standard InChI is InChI=1S/C20H21N7O.C7H14.C2H2/c1-2-22-20-25-17(11-18(26-20)27-9-3-4-10-27)23-14-19(28)24-13-16-7-5-15(12-21)6-8-16;1-7-5-3-2-4-6-7;1-2/h3-11H,2,13-14H2,1H3,(H,24,28)(H2,22,23,25,26);7H,2-6H2,1H3;1-2H. The van der Waals surface area contributed by atoms with Gasteiger partial charge in [0, 0.05) is 31.5 Å². The second kappa shape index (κ2) is 16.4. The summed E-state index contributed by atoms with van der Waals surface area (Å²) in [7, 11) is 0. The van der Waals surface area contributed by atoms with Crippen molar-refractivity contribution in [1.29, 1.82) is 5.26 Å². The first kappa shape index (κ1) is 28.9. The lowest BCUT2D eigenvalue weighted by Crippen LogP contribution is -2.29. The van der Waals surface area contributed by atoms with Gasteiger partial charge in [-0.3, -0.25) is 4.79 Å². The molecule has 0 spiro atoms. The van der Waals surface area contributed by atoms with Crippen molar-refractivity contribution >= 4 is 17.7 Å². The molecule has 0 saturated heterocycles. The Morgan fingerprint density at radius 1 is 1.08 bits per heavy atom. The van der Waals surface area contributed by atoms with E-state index in [4.69, 9.17) is 5.26 Å². The van der Waals surface area contributed by atoms with Crippen molar-refractivity contribution < 1.29 is 4.79 Å². The van der Waals surface area contributed by atoms with Crippen LogP contribution in [0, 0.1) is 30.1 Å². The minimum Gasteiger partial charge on any atom is -0.361 e. The normalized spacial score (nSPS) is 12.5. The third-order valence-corrected chi connectivity index (χ3v) is 5.81. The van der Waals surface area contributed by atoms with Gasteiger partial charge < -0.3 is 20.5 Å². The van der Waals surface area contributed by atoms with Gasteiger partial charge in [-0.05, 0) is 42.7 Å². The number of amides is 1. The average molecular weight is 500 g/mol.